The Hall–Kier alpha value is -3.06. The van der Waals surface area contributed by atoms with E-state index in [9.17, 15) is 4.39 Å². The molecule has 6 nitrogen and oxygen atoms in total. The lowest BCUT2D eigenvalue weighted by molar-refractivity contribution is 0.628. The van der Waals surface area contributed by atoms with E-state index >= 15 is 0 Å². The van der Waals surface area contributed by atoms with E-state index < -0.39 is 0 Å². The van der Waals surface area contributed by atoms with Gasteiger partial charge in [0.25, 0.3) is 0 Å². The van der Waals surface area contributed by atoms with Crippen molar-refractivity contribution in [2.24, 2.45) is 12.8 Å². The third-order valence-electron chi connectivity index (χ3n) is 4.86. The number of aromatic amines is 1. The summed E-state index contributed by atoms with van der Waals surface area (Å²) >= 11 is 0. The van der Waals surface area contributed by atoms with E-state index in [-0.39, 0.29) is 5.82 Å². The van der Waals surface area contributed by atoms with Gasteiger partial charge in [0.1, 0.15) is 11.5 Å². The van der Waals surface area contributed by atoms with Crippen LogP contribution in [0, 0.1) is 12.7 Å². The Kier molecular flexibility index (Phi) is 4.45. The average Bonchev–Trinajstić information content (AvgIpc) is 3.27. The molecule has 0 unspecified atom stereocenters. The molecule has 3 aromatic heterocycles. The summed E-state index contributed by atoms with van der Waals surface area (Å²) in [5, 5.41) is 12.5. The monoisotopic (exact) mass is 364 g/mol. The number of aromatic nitrogens is 5. The van der Waals surface area contributed by atoms with Crippen LogP contribution in [0.4, 0.5) is 4.39 Å². The van der Waals surface area contributed by atoms with E-state index in [4.69, 9.17) is 5.73 Å². The number of pyridine rings is 1. The number of fused-ring (bicyclic) bond motifs is 1. The van der Waals surface area contributed by atoms with Crippen molar-refractivity contribution < 1.29 is 4.39 Å². The quantitative estimate of drug-likeness (QED) is 0.569. The number of H-pyrrole nitrogens is 1. The maximum Gasteiger partial charge on any atom is 0.132 e. The molecule has 0 saturated carbocycles. The molecule has 0 saturated heterocycles. The van der Waals surface area contributed by atoms with Crippen molar-refractivity contribution in [3.8, 4) is 22.5 Å². The predicted molar refractivity (Wildman–Crippen MR) is 104 cm³/mol. The molecule has 0 atom stereocenters. The number of halogens is 1. The molecule has 3 N–H and O–H groups in total. The maximum absolute atomic E-state index is 14.7. The zero-order chi connectivity index (χ0) is 19.0. The molecule has 0 bridgehead atoms. The van der Waals surface area contributed by atoms with Crippen LogP contribution in [0.2, 0.25) is 0 Å². The number of rotatable bonds is 5. The molecule has 0 amide bonds. The fraction of sp³-hybridized carbons (Fsp3) is 0.250. The predicted octanol–water partition coefficient (Wildman–Crippen LogP) is 3.36. The second kappa shape index (κ2) is 6.92. The number of hydrogen-bond acceptors (Lipinski definition) is 4. The molecular weight excluding hydrogens is 343 g/mol. The van der Waals surface area contributed by atoms with Gasteiger partial charge in [0.05, 0.1) is 23.6 Å². The van der Waals surface area contributed by atoms with Crippen LogP contribution in [0.25, 0.3) is 33.4 Å². The molecular formula is C20H21FN6. The molecule has 7 heteroatoms. The second-order valence-corrected chi connectivity index (χ2v) is 6.69. The lowest BCUT2D eigenvalue weighted by Crippen LogP contribution is -2.03. The summed E-state index contributed by atoms with van der Waals surface area (Å²) in [7, 11) is 1.86. The van der Waals surface area contributed by atoms with Crippen LogP contribution in [0.5, 0.6) is 0 Å². The third kappa shape index (κ3) is 3.10. The van der Waals surface area contributed by atoms with Gasteiger partial charge >= 0.3 is 0 Å². The molecule has 0 aliphatic heterocycles. The highest BCUT2D eigenvalue weighted by molar-refractivity contribution is 5.94. The van der Waals surface area contributed by atoms with Gasteiger partial charge in [-0.2, -0.15) is 10.2 Å². The van der Waals surface area contributed by atoms with Crippen molar-refractivity contribution in [3.05, 3.63) is 53.7 Å². The molecule has 0 aliphatic carbocycles. The highest BCUT2D eigenvalue weighted by atomic mass is 19.1. The maximum atomic E-state index is 14.7. The fourth-order valence-electron chi connectivity index (χ4n) is 3.42. The van der Waals surface area contributed by atoms with Gasteiger partial charge in [-0.05, 0) is 49.6 Å². The van der Waals surface area contributed by atoms with E-state index in [1.165, 1.54) is 6.07 Å². The van der Waals surface area contributed by atoms with Crippen LogP contribution < -0.4 is 5.73 Å². The van der Waals surface area contributed by atoms with E-state index in [1.807, 2.05) is 32.3 Å². The largest absolute Gasteiger partial charge is 0.330 e. The van der Waals surface area contributed by atoms with Gasteiger partial charge in [0, 0.05) is 29.8 Å². The minimum Gasteiger partial charge on any atom is -0.330 e. The summed E-state index contributed by atoms with van der Waals surface area (Å²) in [5.41, 5.74) is 11.2. The van der Waals surface area contributed by atoms with Crippen molar-refractivity contribution in [1.82, 2.24) is 25.0 Å². The van der Waals surface area contributed by atoms with Gasteiger partial charge in [-0.15, -0.1) is 0 Å². The molecule has 0 radical (unpaired) electrons. The molecule has 0 spiro atoms. The standard InChI is InChI=1S/C20H21FN6/c1-12-13(4-3-7-22)5-6-16(21)19(12)17-8-15-18(10-23-17)25-26-20(15)14-9-24-27(2)11-14/h5-6,8-11H,3-4,7,22H2,1-2H3,(H,25,26). The smallest absolute Gasteiger partial charge is 0.132 e. The Labute approximate surface area is 156 Å². The van der Waals surface area contributed by atoms with Gasteiger partial charge in [-0.1, -0.05) is 6.07 Å². The van der Waals surface area contributed by atoms with Crippen LogP contribution in [-0.2, 0) is 13.5 Å². The zero-order valence-electron chi connectivity index (χ0n) is 15.3. The van der Waals surface area contributed by atoms with Crippen LogP contribution >= 0.6 is 0 Å². The number of nitrogens with one attached hydrogen (secondary N) is 1. The van der Waals surface area contributed by atoms with Crippen molar-refractivity contribution in [3.63, 3.8) is 0 Å². The van der Waals surface area contributed by atoms with E-state index in [0.29, 0.717) is 17.8 Å². The first-order valence-electron chi connectivity index (χ1n) is 8.90. The Morgan fingerprint density at radius 2 is 2.11 bits per heavy atom. The van der Waals surface area contributed by atoms with Crippen LogP contribution in [-0.4, -0.2) is 31.5 Å². The van der Waals surface area contributed by atoms with Crippen LogP contribution in [0.15, 0.2) is 36.8 Å². The zero-order valence-corrected chi connectivity index (χ0v) is 15.3. The summed E-state index contributed by atoms with van der Waals surface area (Å²) in [6.45, 7) is 2.55. The molecule has 4 rings (SSSR count). The van der Waals surface area contributed by atoms with Crippen LogP contribution in [0.1, 0.15) is 17.5 Å². The van der Waals surface area contributed by atoms with E-state index in [0.717, 1.165) is 46.1 Å². The SMILES string of the molecule is Cc1c(CCCN)ccc(F)c1-c1cc2c(-c3cnn(C)c3)n[nH]c2cn1. The molecule has 4 aromatic rings. The van der Waals surface area contributed by atoms with E-state index in [2.05, 4.69) is 20.3 Å². The molecule has 3 heterocycles. The summed E-state index contributed by atoms with van der Waals surface area (Å²) in [6.07, 6.45) is 7.04. The summed E-state index contributed by atoms with van der Waals surface area (Å²) in [6, 6.07) is 5.23. The lowest BCUT2D eigenvalue weighted by atomic mass is 9.95. The first-order chi connectivity index (χ1) is 13.1. The second-order valence-electron chi connectivity index (χ2n) is 6.69. The molecule has 138 valence electrons. The summed E-state index contributed by atoms with van der Waals surface area (Å²) < 4.78 is 16.4. The number of nitrogens with two attached hydrogens (primary N) is 1. The molecule has 27 heavy (non-hydrogen) atoms. The van der Waals surface area contributed by atoms with Gasteiger partial charge in [-0.3, -0.25) is 14.8 Å². The Morgan fingerprint density at radius 1 is 1.26 bits per heavy atom. The first kappa shape index (κ1) is 17.4. The van der Waals surface area contributed by atoms with Crippen molar-refractivity contribution in [2.75, 3.05) is 6.54 Å². The fourth-order valence-corrected chi connectivity index (χ4v) is 3.42. The topological polar surface area (TPSA) is 85.4 Å². The Bertz CT molecular complexity index is 1110. The third-order valence-corrected chi connectivity index (χ3v) is 4.86. The normalized spacial score (nSPS) is 11.4. The summed E-state index contributed by atoms with van der Waals surface area (Å²) in [4.78, 5) is 4.48. The Balaban J connectivity index is 1.85. The highest BCUT2D eigenvalue weighted by Crippen LogP contribution is 2.32. The highest BCUT2D eigenvalue weighted by Gasteiger charge is 2.16. The molecule has 0 aliphatic rings. The first-order valence-corrected chi connectivity index (χ1v) is 8.90. The average molecular weight is 364 g/mol. The van der Waals surface area contributed by atoms with Crippen molar-refractivity contribution in [1.29, 1.82) is 0 Å². The number of hydrogen-bond donors (Lipinski definition) is 2. The Morgan fingerprint density at radius 3 is 2.85 bits per heavy atom. The number of nitrogens with zero attached hydrogens (tertiary/aromatic N) is 4. The van der Waals surface area contributed by atoms with Gasteiger partial charge < -0.3 is 5.73 Å². The van der Waals surface area contributed by atoms with Crippen molar-refractivity contribution in [2.45, 2.75) is 19.8 Å². The van der Waals surface area contributed by atoms with Gasteiger partial charge in [0.2, 0.25) is 0 Å². The van der Waals surface area contributed by atoms with Crippen molar-refractivity contribution >= 4 is 10.9 Å². The molecule has 1 aromatic carbocycles. The van der Waals surface area contributed by atoms with E-state index in [1.54, 1.807) is 17.1 Å². The van der Waals surface area contributed by atoms with Gasteiger partial charge in [-0.25, -0.2) is 4.39 Å². The lowest BCUT2D eigenvalue weighted by Gasteiger charge is -2.12. The number of aryl methyl sites for hydroxylation is 2. The summed E-state index contributed by atoms with van der Waals surface area (Å²) in [5.74, 6) is -0.276. The molecule has 0 fully saturated rings. The minimum atomic E-state index is -0.276. The number of benzene rings is 1. The van der Waals surface area contributed by atoms with Crippen LogP contribution in [0.3, 0.4) is 0 Å². The van der Waals surface area contributed by atoms with Gasteiger partial charge in [0.15, 0.2) is 0 Å². The minimum absolute atomic E-state index is 0.276.